The first-order valence-corrected chi connectivity index (χ1v) is 5.70. The Morgan fingerprint density at radius 1 is 1.33 bits per heavy atom. The number of fused-ring (bicyclic) bond motifs is 1. The molecule has 0 unspecified atom stereocenters. The van der Waals surface area contributed by atoms with Crippen molar-refractivity contribution < 1.29 is 9.52 Å². The summed E-state index contributed by atoms with van der Waals surface area (Å²) in [5.74, 6) is 0. The van der Waals surface area contributed by atoms with Gasteiger partial charge in [-0.15, -0.1) is 11.8 Å². The van der Waals surface area contributed by atoms with E-state index in [2.05, 4.69) is 0 Å². The van der Waals surface area contributed by atoms with Gasteiger partial charge in [0.25, 0.3) is 0 Å². The Balaban J connectivity index is 2.37. The van der Waals surface area contributed by atoms with Gasteiger partial charge >= 0.3 is 0 Å². The zero-order valence-corrected chi connectivity index (χ0v) is 9.67. The Hall–Kier alpha value is -0.930. The first kappa shape index (κ1) is 10.6. The van der Waals surface area contributed by atoms with Crippen LogP contribution in [0.1, 0.15) is 13.8 Å². The summed E-state index contributed by atoms with van der Waals surface area (Å²) in [5, 5.41) is 10.3. The zero-order valence-electron chi connectivity index (χ0n) is 8.86. The molecule has 1 N–H and O–H groups in total. The first-order chi connectivity index (χ1) is 7.12. The molecule has 0 atom stereocenters. The van der Waals surface area contributed by atoms with Gasteiger partial charge in [0.05, 0.1) is 11.5 Å². The average molecular weight is 222 g/mol. The molecule has 2 rings (SSSR count). The Kier molecular flexibility index (Phi) is 2.76. The molecule has 0 bridgehead atoms. The number of rotatable bonds is 3. The van der Waals surface area contributed by atoms with Crippen LogP contribution in [0.25, 0.3) is 11.0 Å². The van der Waals surface area contributed by atoms with E-state index in [1.54, 1.807) is 18.0 Å². The molecule has 0 aliphatic heterocycles. The van der Waals surface area contributed by atoms with Crippen molar-refractivity contribution in [1.29, 1.82) is 0 Å². The molecule has 1 heterocycles. The number of aliphatic hydroxyl groups is 1. The van der Waals surface area contributed by atoms with Gasteiger partial charge in [-0.1, -0.05) is 12.1 Å². The summed E-state index contributed by atoms with van der Waals surface area (Å²) in [7, 11) is 0. The van der Waals surface area contributed by atoms with Crippen LogP contribution in [0.2, 0.25) is 0 Å². The number of para-hydroxylation sites is 1. The van der Waals surface area contributed by atoms with Crippen LogP contribution in [0.4, 0.5) is 0 Å². The minimum absolute atomic E-state index is 0.150. The summed E-state index contributed by atoms with van der Waals surface area (Å²) in [6.07, 6.45) is 1.76. The van der Waals surface area contributed by atoms with Gasteiger partial charge in [0.2, 0.25) is 0 Å². The number of hydrogen-bond donors (Lipinski definition) is 1. The molecule has 15 heavy (non-hydrogen) atoms. The molecular formula is C12H14O2S. The van der Waals surface area contributed by atoms with Gasteiger partial charge in [-0.25, -0.2) is 0 Å². The third-order valence-electron chi connectivity index (χ3n) is 2.21. The molecule has 2 aromatic rings. The molecule has 0 saturated heterocycles. The van der Waals surface area contributed by atoms with Crippen molar-refractivity contribution in [3.8, 4) is 0 Å². The third kappa shape index (κ3) is 2.19. The fourth-order valence-corrected chi connectivity index (χ4v) is 2.40. The van der Waals surface area contributed by atoms with Crippen LogP contribution in [0.5, 0.6) is 0 Å². The molecule has 0 fully saturated rings. The Bertz CT molecular complexity index is 459. The van der Waals surface area contributed by atoms with Crippen molar-refractivity contribution in [2.45, 2.75) is 23.5 Å². The molecule has 0 saturated carbocycles. The van der Waals surface area contributed by atoms with Gasteiger partial charge in [0.1, 0.15) is 11.8 Å². The molecular weight excluding hydrogens is 208 g/mol. The lowest BCUT2D eigenvalue weighted by molar-refractivity contribution is 0.265. The zero-order chi connectivity index (χ0) is 10.9. The summed E-state index contributed by atoms with van der Waals surface area (Å²) >= 11 is 1.64. The molecule has 3 heteroatoms. The van der Waals surface area contributed by atoms with Crippen LogP contribution in [0, 0.1) is 0 Å². The lowest BCUT2D eigenvalue weighted by atomic mass is 10.2. The summed E-state index contributed by atoms with van der Waals surface area (Å²) in [4.78, 5) is 1.09. The summed E-state index contributed by atoms with van der Waals surface area (Å²) in [6.45, 7) is 4.18. The van der Waals surface area contributed by atoms with Gasteiger partial charge in [-0.2, -0.15) is 0 Å². The maximum Gasteiger partial charge on any atom is 0.135 e. The van der Waals surface area contributed by atoms with Crippen molar-refractivity contribution in [3.63, 3.8) is 0 Å². The highest BCUT2D eigenvalue weighted by atomic mass is 32.2. The van der Waals surface area contributed by atoms with Crippen molar-refractivity contribution in [2.24, 2.45) is 0 Å². The molecule has 1 aromatic heterocycles. The maximum absolute atomic E-state index is 9.21. The standard InChI is InChI=1S/C12H14O2S/c1-12(2,8-13)15-11-7-14-10-6-4-3-5-9(10)11/h3-7,13H,8H2,1-2H3. The second kappa shape index (κ2) is 3.91. The molecule has 0 aliphatic rings. The Labute approximate surface area is 93.3 Å². The van der Waals surface area contributed by atoms with Gasteiger partial charge in [-0.05, 0) is 26.0 Å². The fourth-order valence-electron chi connectivity index (χ4n) is 1.36. The molecule has 0 radical (unpaired) electrons. The topological polar surface area (TPSA) is 33.4 Å². The van der Waals surface area contributed by atoms with Gasteiger partial charge in [0.15, 0.2) is 0 Å². The maximum atomic E-state index is 9.21. The van der Waals surface area contributed by atoms with E-state index in [0.29, 0.717) is 0 Å². The van der Waals surface area contributed by atoms with E-state index in [1.165, 1.54) is 0 Å². The fraction of sp³-hybridized carbons (Fsp3) is 0.333. The van der Waals surface area contributed by atoms with E-state index >= 15 is 0 Å². The van der Waals surface area contributed by atoms with Crippen LogP contribution < -0.4 is 0 Å². The van der Waals surface area contributed by atoms with E-state index in [-0.39, 0.29) is 11.4 Å². The summed E-state index contributed by atoms with van der Waals surface area (Å²) in [5.41, 5.74) is 0.897. The summed E-state index contributed by atoms with van der Waals surface area (Å²) < 4.78 is 5.26. The number of aliphatic hydroxyl groups excluding tert-OH is 1. The Morgan fingerprint density at radius 2 is 2.07 bits per heavy atom. The number of furan rings is 1. The van der Waals surface area contributed by atoms with Gasteiger partial charge in [-0.3, -0.25) is 0 Å². The van der Waals surface area contributed by atoms with E-state index < -0.39 is 0 Å². The highest BCUT2D eigenvalue weighted by Crippen LogP contribution is 2.37. The third-order valence-corrected chi connectivity index (χ3v) is 3.43. The predicted octanol–water partition coefficient (Wildman–Crippen LogP) is 3.30. The van der Waals surface area contributed by atoms with E-state index in [4.69, 9.17) is 4.42 Å². The minimum atomic E-state index is -0.174. The van der Waals surface area contributed by atoms with Crippen LogP contribution in [-0.4, -0.2) is 16.5 Å². The average Bonchev–Trinajstić information content (AvgIpc) is 2.62. The molecule has 1 aromatic carbocycles. The van der Waals surface area contributed by atoms with Crippen molar-refractivity contribution in [1.82, 2.24) is 0 Å². The molecule has 0 amide bonds. The molecule has 0 spiro atoms. The van der Waals surface area contributed by atoms with Crippen molar-refractivity contribution >= 4 is 22.7 Å². The molecule has 2 nitrogen and oxygen atoms in total. The smallest absolute Gasteiger partial charge is 0.135 e. The predicted molar refractivity (Wildman–Crippen MR) is 63.2 cm³/mol. The Morgan fingerprint density at radius 3 is 2.80 bits per heavy atom. The first-order valence-electron chi connectivity index (χ1n) is 4.88. The summed E-state index contributed by atoms with van der Waals surface area (Å²) in [6, 6.07) is 7.94. The van der Waals surface area contributed by atoms with Crippen molar-refractivity contribution in [3.05, 3.63) is 30.5 Å². The lowest BCUT2D eigenvalue weighted by Gasteiger charge is -2.19. The van der Waals surface area contributed by atoms with E-state index in [1.807, 2.05) is 38.1 Å². The monoisotopic (exact) mass is 222 g/mol. The number of thioether (sulfide) groups is 1. The van der Waals surface area contributed by atoms with Crippen LogP contribution in [-0.2, 0) is 0 Å². The molecule has 80 valence electrons. The highest BCUT2D eigenvalue weighted by molar-refractivity contribution is 8.00. The SMILES string of the molecule is CC(C)(CO)Sc1coc2ccccc12. The second-order valence-electron chi connectivity index (χ2n) is 4.12. The number of benzene rings is 1. The minimum Gasteiger partial charge on any atom is -0.463 e. The van der Waals surface area contributed by atoms with E-state index in [0.717, 1.165) is 15.9 Å². The van der Waals surface area contributed by atoms with Gasteiger partial charge < -0.3 is 9.52 Å². The van der Waals surface area contributed by atoms with Crippen LogP contribution >= 0.6 is 11.8 Å². The van der Waals surface area contributed by atoms with Crippen LogP contribution in [0.15, 0.2) is 39.8 Å². The molecule has 0 aliphatic carbocycles. The largest absolute Gasteiger partial charge is 0.463 e. The number of hydrogen-bond acceptors (Lipinski definition) is 3. The van der Waals surface area contributed by atoms with Gasteiger partial charge in [0, 0.05) is 10.1 Å². The second-order valence-corrected chi connectivity index (χ2v) is 5.87. The lowest BCUT2D eigenvalue weighted by Crippen LogP contribution is -2.19. The quantitative estimate of drug-likeness (QED) is 0.809. The van der Waals surface area contributed by atoms with Crippen molar-refractivity contribution in [2.75, 3.05) is 6.61 Å². The normalized spacial score (nSPS) is 12.2. The van der Waals surface area contributed by atoms with Crippen LogP contribution in [0.3, 0.4) is 0 Å². The highest BCUT2D eigenvalue weighted by Gasteiger charge is 2.20. The van der Waals surface area contributed by atoms with E-state index in [9.17, 15) is 5.11 Å².